The monoisotopic (exact) mass is 365 g/mol. The van der Waals surface area contributed by atoms with Gasteiger partial charge in [-0.3, -0.25) is 4.98 Å². The highest BCUT2D eigenvalue weighted by molar-refractivity contribution is 6.31. The van der Waals surface area contributed by atoms with Crippen LogP contribution in [0.5, 0.6) is 0 Å². The molecular formula is C22H24ClN3. The summed E-state index contributed by atoms with van der Waals surface area (Å²) in [4.78, 5) is 7.01. The number of benzene rings is 2. The van der Waals surface area contributed by atoms with Gasteiger partial charge >= 0.3 is 0 Å². The van der Waals surface area contributed by atoms with Gasteiger partial charge < -0.3 is 10.6 Å². The van der Waals surface area contributed by atoms with Gasteiger partial charge in [0, 0.05) is 34.4 Å². The van der Waals surface area contributed by atoms with Gasteiger partial charge in [-0.25, -0.2) is 0 Å². The smallest absolute Gasteiger partial charge is 0.0737 e. The minimum absolute atomic E-state index is 0.332. The van der Waals surface area contributed by atoms with Crippen LogP contribution >= 0.6 is 11.6 Å². The summed E-state index contributed by atoms with van der Waals surface area (Å²) < 4.78 is 0. The van der Waals surface area contributed by atoms with E-state index in [1.807, 2.05) is 18.3 Å². The molecule has 3 nitrogen and oxygen atoms in total. The Bertz CT molecular complexity index is 916. The number of nitrogens with zero attached hydrogens (tertiary/aromatic N) is 2. The summed E-state index contributed by atoms with van der Waals surface area (Å²) in [5, 5.41) is 1.85. The average Bonchev–Trinajstić information content (AvgIpc) is 2.63. The predicted molar refractivity (Wildman–Crippen MR) is 110 cm³/mol. The van der Waals surface area contributed by atoms with Gasteiger partial charge in [0.15, 0.2) is 0 Å². The van der Waals surface area contributed by atoms with Crippen molar-refractivity contribution >= 4 is 33.9 Å². The van der Waals surface area contributed by atoms with Crippen LogP contribution in [0.4, 0.5) is 11.4 Å². The second-order valence-corrected chi connectivity index (χ2v) is 7.71. The molecule has 0 unspecified atom stereocenters. The van der Waals surface area contributed by atoms with Gasteiger partial charge in [0.2, 0.25) is 0 Å². The third-order valence-corrected chi connectivity index (χ3v) is 5.56. The molecule has 2 aromatic carbocycles. The number of aryl methyl sites for hydroxylation is 1. The maximum atomic E-state index is 6.19. The Morgan fingerprint density at radius 2 is 1.85 bits per heavy atom. The van der Waals surface area contributed by atoms with Crippen molar-refractivity contribution < 1.29 is 0 Å². The first-order valence-corrected chi connectivity index (χ1v) is 9.65. The molecule has 1 aliphatic rings. The summed E-state index contributed by atoms with van der Waals surface area (Å²) in [6, 6.07) is 17.6. The first-order chi connectivity index (χ1) is 12.6. The SMILES string of the molecule is Cc1cccc(N(c2ccnc3cc(Cl)ccc23)C2CCC(N)CC2)c1. The molecule has 0 amide bonds. The Morgan fingerprint density at radius 1 is 1.04 bits per heavy atom. The molecule has 4 heteroatoms. The van der Waals surface area contributed by atoms with Crippen molar-refractivity contribution in [2.24, 2.45) is 5.73 Å². The molecule has 4 rings (SSSR count). The lowest BCUT2D eigenvalue weighted by atomic mass is 9.89. The molecule has 1 fully saturated rings. The fourth-order valence-electron chi connectivity index (χ4n) is 4.00. The number of rotatable bonds is 3. The second-order valence-electron chi connectivity index (χ2n) is 7.27. The fraction of sp³-hybridized carbons (Fsp3) is 0.318. The van der Waals surface area contributed by atoms with Crippen LogP contribution in [0, 0.1) is 6.92 Å². The van der Waals surface area contributed by atoms with Crippen LogP contribution in [-0.2, 0) is 0 Å². The van der Waals surface area contributed by atoms with E-state index in [4.69, 9.17) is 17.3 Å². The second kappa shape index (κ2) is 7.26. The lowest BCUT2D eigenvalue weighted by molar-refractivity contribution is 0.391. The topological polar surface area (TPSA) is 42.2 Å². The van der Waals surface area contributed by atoms with Crippen molar-refractivity contribution in [2.75, 3.05) is 4.90 Å². The molecule has 0 aliphatic heterocycles. The third kappa shape index (κ3) is 3.42. The number of anilines is 2. The number of aromatic nitrogens is 1. The lowest BCUT2D eigenvalue weighted by Crippen LogP contribution is -2.38. The molecule has 1 aliphatic carbocycles. The summed E-state index contributed by atoms with van der Waals surface area (Å²) in [6.07, 6.45) is 6.23. The van der Waals surface area contributed by atoms with Crippen LogP contribution in [0.1, 0.15) is 31.2 Å². The molecule has 0 spiro atoms. The van der Waals surface area contributed by atoms with Gasteiger partial charge in [-0.05, 0) is 74.6 Å². The van der Waals surface area contributed by atoms with Crippen molar-refractivity contribution in [1.82, 2.24) is 4.98 Å². The summed E-state index contributed by atoms with van der Waals surface area (Å²) in [5.41, 5.74) is 10.8. The quantitative estimate of drug-likeness (QED) is 0.656. The van der Waals surface area contributed by atoms with Crippen molar-refractivity contribution in [3.8, 4) is 0 Å². The molecule has 2 N–H and O–H groups in total. The largest absolute Gasteiger partial charge is 0.338 e. The van der Waals surface area contributed by atoms with E-state index in [9.17, 15) is 0 Å². The Hall–Kier alpha value is -2.10. The molecule has 0 bridgehead atoms. The van der Waals surface area contributed by atoms with Crippen LogP contribution < -0.4 is 10.6 Å². The third-order valence-electron chi connectivity index (χ3n) is 5.33. The van der Waals surface area contributed by atoms with Gasteiger partial charge in [-0.2, -0.15) is 0 Å². The van der Waals surface area contributed by atoms with Crippen molar-refractivity contribution in [2.45, 2.75) is 44.7 Å². The van der Waals surface area contributed by atoms with Crippen LogP contribution in [0.25, 0.3) is 10.9 Å². The Balaban J connectivity index is 1.85. The molecule has 1 heterocycles. The Labute approximate surface area is 159 Å². The van der Waals surface area contributed by atoms with Gasteiger partial charge in [-0.1, -0.05) is 23.7 Å². The normalized spacial score (nSPS) is 20.3. The van der Waals surface area contributed by atoms with Gasteiger partial charge in [0.25, 0.3) is 0 Å². The van der Waals surface area contributed by atoms with Crippen LogP contribution in [0.15, 0.2) is 54.7 Å². The molecular weight excluding hydrogens is 342 g/mol. The molecule has 3 aromatic rings. The minimum atomic E-state index is 0.332. The van der Waals surface area contributed by atoms with Crippen molar-refractivity contribution in [1.29, 1.82) is 0 Å². The highest BCUT2D eigenvalue weighted by Gasteiger charge is 2.27. The Kier molecular flexibility index (Phi) is 4.84. The summed E-state index contributed by atoms with van der Waals surface area (Å²) in [7, 11) is 0. The molecule has 134 valence electrons. The van der Waals surface area contributed by atoms with Crippen LogP contribution in [-0.4, -0.2) is 17.1 Å². The highest BCUT2D eigenvalue weighted by atomic mass is 35.5. The minimum Gasteiger partial charge on any atom is -0.338 e. The highest BCUT2D eigenvalue weighted by Crippen LogP contribution is 2.38. The first-order valence-electron chi connectivity index (χ1n) is 9.27. The van der Waals surface area contributed by atoms with E-state index < -0.39 is 0 Å². The number of hydrogen-bond donors (Lipinski definition) is 1. The van der Waals surface area contributed by atoms with E-state index in [1.54, 1.807) is 0 Å². The van der Waals surface area contributed by atoms with Crippen LogP contribution in [0.3, 0.4) is 0 Å². The fourth-order valence-corrected chi connectivity index (χ4v) is 4.17. The zero-order chi connectivity index (χ0) is 18.1. The van der Waals surface area contributed by atoms with Crippen LogP contribution in [0.2, 0.25) is 5.02 Å². The van der Waals surface area contributed by atoms with E-state index in [1.165, 1.54) is 16.9 Å². The van der Waals surface area contributed by atoms with Gasteiger partial charge in [0.1, 0.15) is 0 Å². The molecule has 0 atom stereocenters. The van der Waals surface area contributed by atoms with Gasteiger partial charge in [0.05, 0.1) is 11.2 Å². The molecule has 1 aromatic heterocycles. The molecule has 0 saturated heterocycles. The average molecular weight is 366 g/mol. The summed E-state index contributed by atoms with van der Waals surface area (Å²) in [5.74, 6) is 0. The van der Waals surface area contributed by atoms with E-state index in [-0.39, 0.29) is 0 Å². The molecule has 26 heavy (non-hydrogen) atoms. The summed E-state index contributed by atoms with van der Waals surface area (Å²) in [6.45, 7) is 2.14. The maximum Gasteiger partial charge on any atom is 0.0737 e. The predicted octanol–water partition coefficient (Wildman–Crippen LogP) is 5.60. The van der Waals surface area contributed by atoms with E-state index >= 15 is 0 Å². The maximum absolute atomic E-state index is 6.19. The Morgan fingerprint density at radius 3 is 2.62 bits per heavy atom. The first kappa shape index (κ1) is 17.3. The number of fused-ring (bicyclic) bond motifs is 1. The van der Waals surface area contributed by atoms with E-state index in [2.05, 4.69) is 53.2 Å². The number of pyridine rings is 1. The standard InChI is InChI=1S/C22H24ClN3/c1-15-3-2-4-19(13-15)26(18-8-6-17(24)7-9-18)22-11-12-25-21-14-16(23)5-10-20(21)22/h2-5,10-14,17-18H,6-9,24H2,1H3. The number of nitrogens with two attached hydrogens (primary N) is 1. The van der Waals surface area contributed by atoms with Gasteiger partial charge in [-0.15, -0.1) is 0 Å². The summed E-state index contributed by atoms with van der Waals surface area (Å²) >= 11 is 6.19. The number of halogens is 1. The van der Waals surface area contributed by atoms with E-state index in [0.29, 0.717) is 17.1 Å². The zero-order valence-corrected chi connectivity index (χ0v) is 15.8. The van der Waals surface area contributed by atoms with Crippen molar-refractivity contribution in [3.05, 3.63) is 65.3 Å². The lowest BCUT2D eigenvalue weighted by Gasteiger charge is -2.38. The molecule has 1 saturated carbocycles. The molecule has 0 radical (unpaired) electrons. The van der Waals surface area contributed by atoms with Crippen molar-refractivity contribution in [3.63, 3.8) is 0 Å². The zero-order valence-electron chi connectivity index (χ0n) is 15.0. The van der Waals surface area contributed by atoms with E-state index in [0.717, 1.165) is 36.6 Å². The number of hydrogen-bond acceptors (Lipinski definition) is 3.